The van der Waals surface area contributed by atoms with Crippen molar-refractivity contribution in [3.05, 3.63) is 151 Å². The van der Waals surface area contributed by atoms with Crippen molar-refractivity contribution < 1.29 is 4.74 Å². The Bertz CT molecular complexity index is 2540. The van der Waals surface area contributed by atoms with Gasteiger partial charge in [-0.25, -0.2) is 4.98 Å². The van der Waals surface area contributed by atoms with Gasteiger partial charge in [0.1, 0.15) is 11.4 Å². The molecule has 2 unspecified atom stereocenters. The van der Waals surface area contributed by atoms with Crippen LogP contribution in [0.15, 0.2) is 146 Å². The maximum absolute atomic E-state index is 6.56. The lowest BCUT2D eigenvalue weighted by atomic mass is 9.80. The van der Waals surface area contributed by atoms with Gasteiger partial charge in [0, 0.05) is 33.4 Å². The highest BCUT2D eigenvalue weighted by molar-refractivity contribution is 6.16. The Kier molecular flexibility index (Phi) is 5.41. The highest BCUT2D eigenvalue weighted by atomic mass is 16.5. The molecule has 222 valence electrons. The Morgan fingerprint density at radius 1 is 0.617 bits per heavy atom. The Labute approximate surface area is 271 Å². The first kappa shape index (κ1) is 26.2. The van der Waals surface area contributed by atoms with Crippen LogP contribution in [0.3, 0.4) is 0 Å². The first-order valence-electron chi connectivity index (χ1n) is 16.0. The molecule has 0 spiro atoms. The number of nitrogens with zero attached hydrogens (tertiary/aromatic N) is 4. The lowest BCUT2D eigenvalue weighted by Gasteiger charge is -2.27. The Morgan fingerprint density at radius 2 is 1.23 bits per heavy atom. The molecule has 0 saturated heterocycles. The summed E-state index contributed by atoms with van der Waals surface area (Å²) < 4.78 is 8.78. The fourth-order valence-electron chi connectivity index (χ4n) is 7.49. The highest BCUT2D eigenvalue weighted by Crippen LogP contribution is 2.51. The lowest BCUT2D eigenvalue weighted by Crippen LogP contribution is -2.32. The molecule has 47 heavy (non-hydrogen) atoms. The SMILES string of the molecule is CC12C=CC=CC1c1c(cccc1-c1nc(-c3ccccc3)nc(-n3c4cc5ccccc5cc4c4cc5ccccc5cc43)n1)O2. The molecule has 0 N–H and O–H groups in total. The molecule has 8 aromatic rings. The maximum atomic E-state index is 6.56. The van der Waals surface area contributed by atoms with Crippen LogP contribution >= 0.6 is 0 Å². The number of hydrogen-bond acceptors (Lipinski definition) is 4. The molecule has 10 rings (SSSR count). The van der Waals surface area contributed by atoms with Crippen LogP contribution in [0.25, 0.3) is 72.1 Å². The van der Waals surface area contributed by atoms with Crippen molar-refractivity contribution in [1.29, 1.82) is 0 Å². The molecule has 0 bridgehead atoms. The first-order valence-corrected chi connectivity index (χ1v) is 16.0. The van der Waals surface area contributed by atoms with Gasteiger partial charge in [-0.1, -0.05) is 109 Å². The van der Waals surface area contributed by atoms with Gasteiger partial charge in [0.05, 0.1) is 11.0 Å². The summed E-state index contributed by atoms with van der Waals surface area (Å²) in [6, 6.07) is 42.5. The van der Waals surface area contributed by atoms with E-state index in [-0.39, 0.29) is 5.92 Å². The van der Waals surface area contributed by atoms with E-state index >= 15 is 0 Å². The molecule has 0 amide bonds. The van der Waals surface area contributed by atoms with Crippen molar-refractivity contribution >= 4 is 43.4 Å². The second-order valence-corrected chi connectivity index (χ2v) is 12.6. The Hall–Kier alpha value is -6.07. The van der Waals surface area contributed by atoms with E-state index < -0.39 is 5.60 Å². The zero-order valence-corrected chi connectivity index (χ0v) is 25.6. The molecule has 3 heterocycles. The van der Waals surface area contributed by atoms with Crippen molar-refractivity contribution in [2.24, 2.45) is 0 Å². The predicted molar refractivity (Wildman–Crippen MR) is 190 cm³/mol. The third-order valence-corrected chi connectivity index (χ3v) is 9.76. The average molecular weight is 605 g/mol. The maximum Gasteiger partial charge on any atom is 0.238 e. The van der Waals surface area contributed by atoms with Gasteiger partial charge < -0.3 is 4.74 Å². The smallest absolute Gasteiger partial charge is 0.238 e. The van der Waals surface area contributed by atoms with Crippen LogP contribution in [0, 0.1) is 0 Å². The van der Waals surface area contributed by atoms with Gasteiger partial charge in [-0.15, -0.1) is 0 Å². The molecular formula is C42H28N4O. The number of benzene rings is 6. The summed E-state index contributed by atoms with van der Waals surface area (Å²) in [5.41, 5.74) is 4.64. The summed E-state index contributed by atoms with van der Waals surface area (Å²) in [6.45, 7) is 2.14. The summed E-state index contributed by atoms with van der Waals surface area (Å²) in [4.78, 5) is 15.7. The second-order valence-electron chi connectivity index (χ2n) is 12.6. The standard InChI is InChI=1S/C42H28N4O/c1-42-21-10-9-19-34(42)38-31(18-11-20-37(38)47-42)40-43-39(26-12-3-2-4-13-26)44-41(45-40)46-35-24-29-16-7-5-14-27(29)22-32(35)33-23-28-15-6-8-17-30(28)25-36(33)46/h2-25,34H,1H3. The number of hydrogen-bond donors (Lipinski definition) is 0. The molecule has 1 aliphatic heterocycles. The van der Waals surface area contributed by atoms with Crippen molar-refractivity contribution in [3.8, 4) is 34.5 Å². The molecule has 2 aliphatic rings. The molecule has 0 saturated carbocycles. The fraction of sp³-hybridized carbons (Fsp3) is 0.0714. The Balaban J connectivity index is 1.30. The van der Waals surface area contributed by atoms with E-state index in [1.807, 2.05) is 30.3 Å². The molecule has 1 aliphatic carbocycles. The normalized spacial score (nSPS) is 18.2. The second kappa shape index (κ2) is 9.71. The Morgan fingerprint density at radius 3 is 1.91 bits per heavy atom. The third kappa shape index (κ3) is 3.93. The molecule has 5 nitrogen and oxygen atoms in total. The van der Waals surface area contributed by atoms with Gasteiger partial charge in [0.25, 0.3) is 0 Å². The molecule has 0 fully saturated rings. The van der Waals surface area contributed by atoms with Gasteiger partial charge >= 0.3 is 0 Å². The van der Waals surface area contributed by atoms with E-state index in [9.17, 15) is 0 Å². The monoisotopic (exact) mass is 604 g/mol. The van der Waals surface area contributed by atoms with Crippen molar-refractivity contribution in [2.75, 3.05) is 0 Å². The molecular weight excluding hydrogens is 576 g/mol. The summed E-state index contributed by atoms with van der Waals surface area (Å²) in [6.07, 6.45) is 8.52. The minimum atomic E-state index is -0.458. The minimum Gasteiger partial charge on any atom is -0.482 e. The zero-order valence-electron chi connectivity index (χ0n) is 25.6. The van der Waals surface area contributed by atoms with Crippen LogP contribution in [0.1, 0.15) is 18.4 Å². The molecule has 5 heteroatoms. The van der Waals surface area contributed by atoms with E-state index in [0.29, 0.717) is 17.6 Å². The quantitative estimate of drug-likeness (QED) is 0.201. The first-order chi connectivity index (χ1) is 23.1. The average Bonchev–Trinajstić information content (AvgIpc) is 3.60. The number of aromatic nitrogens is 4. The van der Waals surface area contributed by atoms with E-state index in [1.165, 1.54) is 21.5 Å². The van der Waals surface area contributed by atoms with E-state index in [0.717, 1.165) is 44.2 Å². The molecule has 2 aromatic heterocycles. The van der Waals surface area contributed by atoms with E-state index in [2.05, 4.69) is 127 Å². The lowest BCUT2D eigenvalue weighted by molar-refractivity contribution is 0.155. The fourth-order valence-corrected chi connectivity index (χ4v) is 7.49. The van der Waals surface area contributed by atoms with Crippen molar-refractivity contribution in [1.82, 2.24) is 19.5 Å². The third-order valence-electron chi connectivity index (χ3n) is 9.76. The van der Waals surface area contributed by atoms with Gasteiger partial charge in [-0.05, 0) is 64.9 Å². The van der Waals surface area contributed by atoms with Crippen LogP contribution in [-0.2, 0) is 0 Å². The van der Waals surface area contributed by atoms with Gasteiger partial charge in [0.15, 0.2) is 11.6 Å². The number of rotatable bonds is 3. The van der Waals surface area contributed by atoms with Crippen LogP contribution < -0.4 is 4.74 Å². The van der Waals surface area contributed by atoms with Gasteiger partial charge in [0.2, 0.25) is 5.95 Å². The molecule has 0 radical (unpaired) electrons. The van der Waals surface area contributed by atoms with Gasteiger partial charge in [-0.2, -0.15) is 9.97 Å². The number of fused-ring (bicyclic) bond motifs is 8. The molecule has 6 aromatic carbocycles. The number of allylic oxidation sites excluding steroid dienone is 2. The van der Waals surface area contributed by atoms with Gasteiger partial charge in [-0.3, -0.25) is 4.57 Å². The van der Waals surface area contributed by atoms with Crippen molar-refractivity contribution in [2.45, 2.75) is 18.4 Å². The van der Waals surface area contributed by atoms with Crippen LogP contribution in [-0.4, -0.2) is 25.1 Å². The zero-order chi connectivity index (χ0) is 31.1. The minimum absolute atomic E-state index is 0.0464. The summed E-state index contributed by atoms with van der Waals surface area (Å²) in [5, 5.41) is 7.06. The van der Waals surface area contributed by atoms with Crippen LogP contribution in [0.4, 0.5) is 0 Å². The molecule has 2 atom stereocenters. The van der Waals surface area contributed by atoms with E-state index in [1.54, 1.807) is 0 Å². The topological polar surface area (TPSA) is 52.8 Å². The largest absolute Gasteiger partial charge is 0.482 e. The summed E-state index contributed by atoms with van der Waals surface area (Å²) in [5.74, 6) is 2.74. The van der Waals surface area contributed by atoms with Crippen LogP contribution in [0.5, 0.6) is 5.75 Å². The van der Waals surface area contributed by atoms with Crippen molar-refractivity contribution in [3.63, 3.8) is 0 Å². The van der Waals surface area contributed by atoms with E-state index in [4.69, 9.17) is 19.7 Å². The predicted octanol–water partition coefficient (Wildman–Crippen LogP) is 9.97. The highest BCUT2D eigenvalue weighted by Gasteiger charge is 2.44. The summed E-state index contributed by atoms with van der Waals surface area (Å²) >= 11 is 0. The summed E-state index contributed by atoms with van der Waals surface area (Å²) in [7, 11) is 0. The number of ether oxygens (including phenoxy) is 1. The van der Waals surface area contributed by atoms with Crippen LogP contribution in [0.2, 0.25) is 0 Å².